The summed E-state index contributed by atoms with van der Waals surface area (Å²) in [6, 6.07) is 0. The molecule has 0 aliphatic carbocycles. The summed E-state index contributed by atoms with van der Waals surface area (Å²) in [5, 5.41) is 0. The molecule has 0 heterocycles. The maximum absolute atomic E-state index is 13.9. The Labute approximate surface area is 166 Å². The summed E-state index contributed by atoms with van der Waals surface area (Å²) in [5.74, 6) is 0.268. The Balaban J connectivity index is 5.95. The molecule has 0 N–H and O–H groups in total. The highest BCUT2D eigenvalue weighted by atomic mass is 31.2. The first-order valence-corrected chi connectivity index (χ1v) is 12.2. The number of rotatable bonds is 15. The van der Waals surface area contributed by atoms with Crippen LogP contribution in [0.3, 0.4) is 0 Å². The van der Waals surface area contributed by atoms with Gasteiger partial charge in [-0.25, -0.2) is 0 Å². The average molecular weight is 405 g/mol. The zero-order valence-electron chi connectivity index (χ0n) is 18.3. The van der Waals surface area contributed by atoms with Gasteiger partial charge in [0, 0.05) is 20.0 Å². The molecule has 0 aliphatic rings. The predicted molar refractivity (Wildman–Crippen MR) is 114 cm³/mol. The van der Waals surface area contributed by atoms with Crippen LogP contribution in [0.25, 0.3) is 0 Å². The molecule has 0 rings (SSSR count). The molecule has 0 aliphatic heterocycles. The zero-order valence-corrected chi connectivity index (χ0v) is 19.2. The van der Waals surface area contributed by atoms with E-state index < -0.39 is 13.3 Å². The van der Waals surface area contributed by atoms with Crippen LogP contribution >= 0.6 is 7.60 Å². The summed E-state index contributed by atoms with van der Waals surface area (Å²) in [4.78, 5) is 18.1. The second kappa shape index (κ2) is 15.2. The number of unbranched alkanes of at least 4 members (excludes halogenated alkanes) is 3. The number of carbonyl (C=O) groups is 1. The smallest absolute Gasteiger partial charge is 0.341 e. The van der Waals surface area contributed by atoms with E-state index in [2.05, 4.69) is 25.8 Å². The van der Waals surface area contributed by atoms with E-state index in [-0.39, 0.29) is 5.91 Å². The van der Waals surface area contributed by atoms with E-state index in [9.17, 15) is 9.36 Å². The van der Waals surface area contributed by atoms with Crippen LogP contribution in [0, 0.1) is 0 Å². The van der Waals surface area contributed by atoms with E-state index in [1.807, 2.05) is 18.7 Å². The highest BCUT2D eigenvalue weighted by Crippen LogP contribution is 2.56. The Morgan fingerprint density at radius 2 is 1.41 bits per heavy atom. The SMILES string of the molecule is CCCCOP(=O)(OCCCC)C(CCCC)C(=NC(C)=O)N(CC)CC. The molecule has 0 saturated carbocycles. The Bertz CT molecular complexity index is 465. The van der Waals surface area contributed by atoms with Gasteiger partial charge in [0.05, 0.1) is 13.2 Å². The van der Waals surface area contributed by atoms with Gasteiger partial charge in [-0.1, -0.05) is 46.5 Å². The number of nitrogens with zero attached hydrogens (tertiary/aromatic N) is 2. The summed E-state index contributed by atoms with van der Waals surface area (Å²) >= 11 is 0. The fourth-order valence-electron chi connectivity index (χ4n) is 2.78. The van der Waals surface area contributed by atoms with Gasteiger partial charge in [-0.05, 0) is 33.1 Å². The van der Waals surface area contributed by atoms with Crippen LogP contribution in [0.4, 0.5) is 0 Å². The van der Waals surface area contributed by atoms with E-state index in [4.69, 9.17) is 9.05 Å². The molecule has 160 valence electrons. The van der Waals surface area contributed by atoms with Crippen molar-refractivity contribution < 1.29 is 18.4 Å². The van der Waals surface area contributed by atoms with Crippen molar-refractivity contribution in [2.45, 2.75) is 92.1 Å². The maximum atomic E-state index is 13.9. The minimum Gasteiger partial charge on any atom is -0.360 e. The molecule has 0 aromatic carbocycles. The molecule has 1 amide bonds. The lowest BCUT2D eigenvalue weighted by Crippen LogP contribution is -2.40. The van der Waals surface area contributed by atoms with Gasteiger partial charge >= 0.3 is 7.60 Å². The van der Waals surface area contributed by atoms with Crippen LogP contribution < -0.4 is 0 Å². The van der Waals surface area contributed by atoms with E-state index >= 15 is 0 Å². The quantitative estimate of drug-likeness (QED) is 0.152. The van der Waals surface area contributed by atoms with Crippen LogP contribution in [-0.4, -0.2) is 48.6 Å². The van der Waals surface area contributed by atoms with Crippen LogP contribution in [-0.2, 0) is 18.4 Å². The molecular formula is C20H41N2O4P. The largest absolute Gasteiger partial charge is 0.360 e. The Hall–Kier alpha value is -0.710. The minimum absolute atomic E-state index is 0.285. The van der Waals surface area contributed by atoms with Crippen molar-refractivity contribution in [1.82, 2.24) is 4.90 Å². The molecule has 0 saturated heterocycles. The number of aliphatic imine (C=N–C) groups is 1. The normalized spacial score (nSPS) is 13.6. The first-order valence-electron chi connectivity index (χ1n) is 10.6. The fourth-order valence-corrected chi connectivity index (χ4v) is 4.98. The van der Waals surface area contributed by atoms with E-state index in [0.29, 0.717) is 38.6 Å². The van der Waals surface area contributed by atoms with Crippen molar-refractivity contribution in [2.24, 2.45) is 4.99 Å². The zero-order chi connectivity index (χ0) is 20.7. The van der Waals surface area contributed by atoms with Gasteiger partial charge in [-0.3, -0.25) is 9.36 Å². The third kappa shape index (κ3) is 9.87. The van der Waals surface area contributed by atoms with Gasteiger partial charge in [0.25, 0.3) is 0 Å². The topological polar surface area (TPSA) is 68.2 Å². The lowest BCUT2D eigenvalue weighted by Gasteiger charge is -2.33. The number of carbonyl (C=O) groups excluding carboxylic acids is 1. The van der Waals surface area contributed by atoms with Crippen LogP contribution in [0.2, 0.25) is 0 Å². The van der Waals surface area contributed by atoms with E-state index in [1.54, 1.807) is 0 Å². The molecule has 0 bridgehead atoms. The lowest BCUT2D eigenvalue weighted by molar-refractivity contribution is -0.115. The number of hydrogen-bond acceptors (Lipinski definition) is 4. The van der Waals surface area contributed by atoms with Crippen molar-refractivity contribution in [2.75, 3.05) is 26.3 Å². The second-order valence-corrected chi connectivity index (χ2v) is 8.95. The Morgan fingerprint density at radius 1 is 0.926 bits per heavy atom. The molecular weight excluding hydrogens is 363 g/mol. The van der Waals surface area contributed by atoms with Gasteiger partial charge < -0.3 is 13.9 Å². The number of amidine groups is 1. The number of amides is 1. The summed E-state index contributed by atoms with van der Waals surface area (Å²) in [6.07, 6.45) is 6.04. The molecule has 6 nitrogen and oxygen atoms in total. The van der Waals surface area contributed by atoms with Crippen molar-refractivity contribution in [1.29, 1.82) is 0 Å². The average Bonchev–Trinajstić information content (AvgIpc) is 2.63. The minimum atomic E-state index is -3.44. The highest BCUT2D eigenvalue weighted by Gasteiger charge is 2.41. The van der Waals surface area contributed by atoms with Crippen molar-refractivity contribution in [3.63, 3.8) is 0 Å². The van der Waals surface area contributed by atoms with Gasteiger partial charge in [-0.15, -0.1) is 0 Å². The predicted octanol–water partition coefficient (Wildman–Crippen LogP) is 5.66. The van der Waals surface area contributed by atoms with Crippen molar-refractivity contribution in [3.8, 4) is 0 Å². The van der Waals surface area contributed by atoms with Crippen LogP contribution in [0.5, 0.6) is 0 Å². The highest BCUT2D eigenvalue weighted by molar-refractivity contribution is 7.55. The standard InChI is InChI=1S/C20H41N2O4P/c1-7-12-15-19(20(21-18(6)23)22(10-4)11-5)27(24,25-16-13-8-2)26-17-14-9-3/h19H,7-17H2,1-6H3. The monoisotopic (exact) mass is 404 g/mol. The molecule has 0 radical (unpaired) electrons. The van der Waals surface area contributed by atoms with Crippen molar-refractivity contribution in [3.05, 3.63) is 0 Å². The summed E-state index contributed by atoms with van der Waals surface area (Å²) < 4.78 is 25.6. The first-order chi connectivity index (χ1) is 12.9. The molecule has 27 heavy (non-hydrogen) atoms. The first kappa shape index (κ1) is 26.3. The van der Waals surface area contributed by atoms with Crippen LogP contribution in [0.1, 0.15) is 86.5 Å². The summed E-state index contributed by atoms with van der Waals surface area (Å²) in [6.45, 7) is 13.9. The Kier molecular flexibility index (Phi) is 14.8. The van der Waals surface area contributed by atoms with Gasteiger partial charge in [-0.2, -0.15) is 4.99 Å². The molecule has 7 heteroatoms. The van der Waals surface area contributed by atoms with Crippen LogP contribution in [0.15, 0.2) is 4.99 Å². The van der Waals surface area contributed by atoms with Gasteiger partial charge in [0.2, 0.25) is 5.91 Å². The third-order valence-electron chi connectivity index (χ3n) is 4.41. The van der Waals surface area contributed by atoms with E-state index in [1.165, 1.54) is 6.92 Å². The molecule has 0 fully saturated rings. The maximum Gasteiger partial charge on any atom is 0.341 e. The van der Waals surface area contributed by atoms with Gasteiger partial charge in [0.1, 0.15) is 11.5 Å². The Morgan fingerprint density at radius 3 is 1.78 bits per heavy atom. The molecule has 0 aromatic rings. The van der Waals surface area contributed by atoms with Gasteiger partial charge in [0.15, 0.2) is 0 Å². The third-order valence-corrected chi connectivity index (χ3v) is 6.75. The molecule has 1 unspecified atom stereocenters. The van der Waals surface area contributed by atoms with E-state index in [0.717, 1.165) is 38.5 Å². The molecule has 1 atom stereocenters. The lowest BCUT2D eigenvalue weighted by atomic mass is 10.1. The summed E-state index contributed by atoms with van der Waals surface area (Å²) in [5.41, 5.74) is -0.505. The second-order valence-electron chi connectivity index (χ2n) is 6.73. The molecule has 0 aromatic heterocycles. The van der Waals surface area contributed by atoms with Crippen molar-refractivity contribution >= 4 is 19.3 Å². The molecule has 0 spiro atoms. The number of hydrogen-bond donors (Lipinski definition) is 0. The summed E-state index contributed by atoms with van der Waals surface area (Å²) in [7, 11) is -3.44. The fraction of sp³-hybridized carbons (Fsp3) is 0.900.